The van der Waals surface area contributed by atoms with Gasteiger partial charge in [0, 0.05) is 6.20 Å². The lowest BCUT2D eigenvalue weighted by atomic mass is 10.2. The van der Waals surface area contributed by atoms with E-state index in [1.165, 1.54) is 0 Å². The molecule has 0 aliphatic heterocycles. The molecule has 0 unspecified atom stereocenters. The van der Waals surface area contributed by atoms with Crippen molar-refractivity contribution in [3.63, 3.8) is 0 Å². The number of aryl methyl sites for hydroxylation is 2. The number of H-pyrrole nitrogens is 1. The zero-order valence-corrected chi connectivity index (χ0v) is 9.61. The molecular weight excluding hydrogens is 218 g/mol. The minimum absolute atomic E-state index is 0.318. The largest absolute Gasteiger partial charge is 0.394 e. The van der Waals surface area contributed by atoms with Gasteiger partial charge >= 0.3 is 0 Å². The molecule has 2 aromatic heterocycles. The van der Waals surface area contributed by atoms with E-state index in [1.807, 2.05) is 13.0 Å². The first kappa shape index (κ1) is 11.1. The third-order valence-corrected chi connectivity index (χ3v) is 2.45. The van der Waals surface area contributed by atoms with Crippen LogP contribution in [0.1, 0.15) is 21.7 Å². The van der Waals surface area contributed by atoms with Crippen LogP contribution in [0.15, 0.2) is 18.3 Å². The van der Waals surface area contributed by atoms with Gasteiger partial charge in [-0.2, -0.15) is 5.10 Å². The van der Waals surface area contributed by atoms with Crippen LogP contribution in [0.5, 0.6) is 0 Å². The Balaban J connectivity index is 2.23. The van der Waals surface area contributed by atoms with Gasteiger partial charge in [0.1, 0.15) is 5.69 Å². The topological polar surface area (TPSA) is 96.7 Å². The molecule has 2 rings (SSSR count). The molecule has 0 saturated heterocycles. The minimum Gasteiger partial charge on any atom is -0.394 e. The van der Waals surface area contributed by atoms with Crippen molar-refractivity contribution >= 4 is 17.4 Å². The average molecular weight is 231 g/mol. The van der Waals surface area contributed by atoms with Crippen molar-refractivity contribution in [3.8, 4) is 0 Å². The lowest BCUT2D eigenvalue weighted by Crippen LogP contribution is -2.16. The molecule has 0 radical (unpaired) electrons. The van der Waals surface area contributed by atoms with Gasteiger partial charge in [0.25, 0.3) is 5.91 Å². The zero-order chi connectivity index (χ0) is 12.4. The molecule has 0 saturated carbocycles. The van der Waals surface area contributed by atoms with Crippen molar-refractivity contribution < 1.29 is 4.79 Å². The molecular formula is C11H13N5O. The predicted octanol–water partition coefficient (Wildman–Crippen LogP) is 1.26. The maximum Gasteiger partial charge on any atom is 0.275 e. The zero-order valence-electron chi connectivity index (χ0n) is 9.61. The third kappa shape index (κ3) is 2.10. The molecule has 0 spiro atoms. The van der Waals surface area contributed by atoms with Gasteiger partial charge in [0.2, 0.25) is 0 Å². The van der Waals surface area contributed by atoms with E-state index in [2.05, 4.69) is 20.5 Å². The summed E-state index contributed by atoms with van der Waals surface area (Å²) < 4.78 is 0. The lowest BCUT2D eigenvalue weighted by molar-refractivity contribution is 0.102. The van der Waals surface area contributed by atoms with Crippen LogP contribution in [0.4, 0.5) is 11.5 Å². The number of nitrogen functional groups attached to an aromatic ring is 1. The van der Waals surface area contributed by atoms with E-state index in [0.29, 0.717) is 17.2 Å². The Morgan fingerprint density at radius 1 is 1.47 bits per heavy atom. The number of rotatable bonds is 2. The normalized spacial score (nSPS) is 10.2. The van der Waals surface area contributed by atoms with Crippen molar-refractivity contribution in [3.05, 3.63) is 35.3 Å². The number of carbonyl (C=O) groups is 1. The van der Waals surface area contributed by atoms with E-state index in [9.17, 15) is 4.79 Å². The second-order valence-corrected chi connectivity index (χ2v) is 3.73. The fourth-order valence-corrected chi connectivity index (χ4v) is 1.42. The number of aromatic amines is 1. The molecule has 2 aromatic rings. The Morgan fingerprint density at radius 2 is 2.24 bits per heavy atom. The minimum atomic E-state index is -0.318. The Hall–Kier alpha value is -2.37. The first-order valence-electron chi connectivity index (χ1n) is 5.13. The highest BCUT2D eigenvalue weighted by Gasteiger charge is 2.14. The number of hydrogen-bond donors (Lipinski definition) is 3. The highest BCUT2D eigenvalue weighted by atomic mass is 16.2. The van der Waals surface area contributed by atoms with Crippen LogP contribution >= 0.6 is 0 Å². The fourth-order valence-electron chi connectivity index (χ4n) is 1.42. The number of nitrogens with zero attached hydrogens (tertiary/aromatic N) is 2. The van der Waals surface area contributed by atoms with Gasteiger partial charge < -0.3 is 11.1 Å². The van der Waals surface area contributed by atoms with Gasteiger partial charge in [-0.1, -0.05) is 6.07 Å². The molecule has 6 heteroatoms. The van der Waals surface area contributed by atoms with E-state index in [4.69, 9.17) is 5.73 Å². The van der Waals surface area contributed by atoms with Gasteiger partial charge in [-0.15, -0.1) is 0 Å². The standard InChI is InChI=1S/C11H13N5O/c1-6-4-3-5-13-9(6)11(17)14-10-8(12)7(2)15-16-10/h3-5H,12H2,1-2H3,(H2,14,15,16,17). The summed E-state index contributed by atoms with van der Waals surface area (Å²) in [5.74, 6) is 0.0128. The van der Waals surface area contributed by atoms with Crippen molar-refractivity contribution in [1.82, 2.24) is 15.2 Å². The summed E-state index contributed by atoms with van der Waals surface area (Å²) in [5.41, 5.74) is 8.07. The second kappa shape index (κ2) is 4.25. The summed E-state index contributed by atoms with van der Waals surface area (Å²) >= 11 is 0. The molecule has 0 aliphatic rings. The summed E-state index contributed by atoms with van der Waals surface area (Å²) in [6.45, 7) is 3.60. The second-order valence-electron chi connectivity index (χ2n) is 3.73. The Bertz CT molecular complexity index is 561. The predicted molar refractivity (Wildman–Crippen MR) is 64.7 cm³/mol. The number of pyridine rings is 1. The Kier molecular flexibility index (Phi) is 2.78. The molecule has 17 heavy (non-hydrogen) atoms. The number of carbonyl (C=O) groups excluding carboxylic acids is 1. The van der Waals surface area contributed by atoms with Crippen molar-refractivity contribution in [2.24, 2.45) is 0 Å². The smallest absolute Gasteiger partial charge is 0.275 e. The molecule has 6 nitrogen and oxygen atoms in total. The monoisotopic (exact) mass is 231 g/mol. The van der Waals surface area contributed by atoms with Crippen LogP contribution in [0.25, 0.3) is 0 Å². The molecule has 88 valence electrons. The van der Waals surface area contributed by atoms with Crippen LogP contribution in [-0.4, -0.2) is 21.1 Å². The van der Waals surface area contributed by atoms with Crippen LogP contribution in [-0.2, 0) is 0 Å². The first-order chi connectivity index (χ1) is 8.09. The third-order valence-electron chi connectivity index (χ3n) is 2.45. The molecule has 0 aromatic carbocycles. The summed E-state index contributed by atoms with van der Waals surface area (Å²) in [6.07, 6.45) is 1.57. The Labute approximate surface area is 98.3 Å². The summed E-state index contributed by atoms with van der Waals surface area (Å²) in [4.78, 5) is 15.9. The van der Waals surface area contributed by atoms with E-state index in [1.54, 1.807) is 19.2 Å². The number of anilines is 2. The summed E-state index contributed by atoms with van der Waals surface area (Å²) in [6, 6.07) is 3.60. The molecule has 0 fully saturated rings. The van der Waals surface area contributed by atoms with Gasteiger partial charge in [-0.05, 0) is 25.5 Å². The van der Waals surface area contributed by atoms with Crippen LogP contribution < -0.4 is 11.1 Å². The number of nitrogens with one attached hydrogen (secondary N) is 2. The number of nitrogens with two attached hydrogens (primary N) is 1. The lowest BCUT2D eigenvalue weighted by Gasteiger charge is -2.04. The van der Waals surface area contributed by atoms with Gasteiger partial charge in [-0.3, -0.25) is 14.9 Å². The summed E-state index contributed by atoms with van der Waals surface area (Å²) in [5, 5.41) is 9.22. The van der Waals surface area contributed by atoms with E-state index in [0.717, 1.165) is 11.3 Å². The number of amides is 1. The van der Waals surface area contributed by atoms with Gasteiger partial charge in [0.05, 0.1) is 11.4 Å². The quantitative estimate of drug-likeness (QED) is 0.724. The number of aromatic nitrogens is 3. The molecule has 1 amide bonds. The first-order valence-corrected chi connectivity index (χ1v) is 5.13. The van der Waals surface area contributed by atoms with Crippen molar-refractivity contribution in [2.45, 2.75) is 13.8 Å². The van der Waals surface area contributed by atoms with Gasteiger partial charge in [-0.25, -0.2) is 0 Å². The van der Waals surface area contributed by atoms with Crippen LogP contribution in [0.2, 0.25) is 0 Å². The van der Waals surface area contributed by atoms with Gasteiger partial charge in [0.15, 0.2) is 5.82 Å². The SMILES string of the molecule is Cc1cccnc1C(=O)Nc1n[nH]c(C)c1N. The molecule has 0 aliphatic carbocycles. The fraction of sp³-hybridized carbons (Fsp3) is 0.182. The molecule has 2 heterocycles. The van der Waals surface area contributed by atoms with Crippen molar-refractivity contribution in [1.29, 1.82) is 0 Å². The van der Waals surface area contributed by atoms with E-state index >= 15 is 0 Å². The number of hydrogen-bond acceptors (Lipinski definition) is 4. The highest BCUT2D eigenvalue weighted by Crippen LogP contribution is 2.18. The summed E-state index contributed by atoms with van der Waals surface area (Å²) in [7, 11) is 0. The molecule has 4 N–H and O–H groups in total. The average Bonchev–Trinajstić information content (AvgIpc) is 2.61. The Morgan fingerprint density at radius 3 is 2.82 bits per heavy atom. The maximum absolute atomic E-state index is 11.9. The molecule has 0 atom stereocenters. The van der Waals surface area contributed by atoms with Crippen LogP contribution in [0, 0.1) is 13.8 Å². The molecule has 0 bridgehead atoms. The highest BCUT2D eigenvalue weighted by molar-refractivity contribution is 6.04. The van der Waals surface area contributed by atoms with E-state index in [-0.39, 0.29) is 5.91 Å². The maximum atomic E-state index is 11.9. The van der Waals surface area contributed by atoms with E-state index < -0.39 is 0 Å². The van der Waals surface area contributed by atoms with Crippen LogP contribution in [0.3, 0.4) is 0 Å². The van der Waals surface area contributed by atoms with Crippen molar-refractivity contribution in [2.75, 3.05) is 11.1 Å².